The van der Waals surface area contributed by atoms with Crippen LogP contribution in [0, 0.1) is 0 Å². The maximum atomic E-state index is 5.40. The lowest BCUT2D eigenvalue weighted by Gasteiger charge is -2.34. The molecule has 0 saturated heterocycles. The molecule has 0 saturated carbocycles. The first-order chi connectivity index (χ1) is 17.8. The second-order valence-electron chi connectivity index (χ2n) is 9.56. The van der Waals surface area contributed by atoms with Gasteiger partial charge in [0.05, 0.1) is 42.1 Å². The Morgan fingerprint density at radius 3 is 2.67 bits per heavy atom. The standard InChI is InChI=1S/C30H31N5O/c1-2-10-27-26(9-1)33-29(34-27)21-35(28-11-3-6-24-7-4-16-32-30(24)28)20-23-14-12-22(13-15-23)18-31-19-25-8-5-17-36-25/h1-2,4-5,7-10,12-17,28,31H,3,6,11,18-21H2,(H,33,34). The number of fused-ring (bicyclic) bond motifs is 2. The van der Waals surface area contributed by atoms with E-state index < -0.39 is 0 Å². The van der Waals surface area contributed by atoms with Gasteiger partial charge in [0.25, 0.3) is 0 Å². The van der Waals surface area contributed by atoms with Gasteiger partial charge in [0.2, 0.25) is 0 Å². The third-order valence-electron chi connectivity index (χ3n) is 7.01. The van der Waals surface area contributed by atoms with Gasteiger partial charge in [0, 0.05) is 19.3 Å². The van der Waals surface area contributed by atoms with Crippen LogP contribution in [-0.2, 0) is 32.6 Å². The molecule has 6 rings (SSSR count). The van der Waals surface area contributed by atoms with Crippen LogP contribution < -0.4 is 5.32 Å². The van der Waals surface area contributed by atoms with Crippen LogP contribution in [0.3, 0.4) is 0 Å². The molecule has 0 amide bonds. The van der Waals surface area contributed by atoms with Crippen molar-refractivity contribution in [2.45, 2.75) is 51.5 Å². The number of hydrogen-bond acceptors (Lipinski definition) is 5. The van der Waals surface area contributed by atoms with Crippen molar-refractivity contribution in [1.29, 1.82) is 0 Å². The molecule has 0 fully saturated rings. The van der Waals surface area contributed by atoms with E-state index >= 15 is 0 Å². The number of nitrogens with one attached hydrogen (secondary N) is 2. The highest BCUT2D eigenvalue weighted by Crippen LogP contribution is 2.34. The Morgan fingerprint density at radius 1 is 0.917 bits per heavy atom. The number of H-pyrrole nitrogens is 1. The van der Waals surface area contributed by atoms with Crippen LogP contribution in [0.15, 0.2) is 89.7 Å². The Morgan fingerprint density at radius 2 is 1.81 bits per heavy atom. The fraction of sp³-hybridized carbons (Fsp3) is 0.267. The van der Waals surface area contributed by atoms with Crippen molar-refractivity contribution >= 4 is 11.0 Å². The first-order valence-corrected chi connectivity index (χ1v) is 12.7. The van der Waals surface area contributed by atoms with Crippen LogP contribution in [0.1, 0.15) is 52.9 Å². The predicted octanol–water partition coefficient (Wildman–Crippen LogP) is 5.92. The molecule has 2 aromatic carbocycles. The van der Waals surface area contributed by atoms with E-state index in [4.69, 9.17) is 14.4 Å². The molecular formula is C30H31N5O. The summed E-state index contributed by atoms with van der Waals surface area (Å²) in [7, 11) is 0. The maximum Gasteiger partial charge on any atom is 0.121 e. The number of furan rings is 1. The van der Waals surface area contributed by atoms with Gasteiger partial charge >= 0.3 is 0 Å². The largest absolute Gasteiger partial charge is 0.468 e. The minimum Gasteiger partial charge on any atom is -0.468 e. The summed E-state index contributed by atoms with van der Waals surface area (Å²) >= 11 is 0. The monoisotopic (exact) mass is 477 g/mol. The number of aromatic amines is 1. The van der Waals surface area contributed by atoms with E-state index in [1.807, 2.05) is 30.5 Å². The SMILES string of the molecule is c1coc(CNCc2ccc(CN(Cc3nc4ccccc4[nH]3)C3CCCc4cccnc43)cc2)c1. The third kappa shape index (κ3) is 5.10. The Balaban J connectivity index is 1.21. The van der Waals surface area contributed by atoms with Gasteiger partial charge in [-0.15, -0.1) is 0 Å². The summed E-state index contributed by atoms with van der Waals surface area (Å²) in [6.07, 6.45) is 7.04. The first-order valence-electron chi connectivity index (χ1n) is 12.7. The number of hydrogen-bond donors (Lipinski definition) is 2. The normalized spacial score (nSPS) is 15.4. The highest BCUT2D eigenvalue weighted by Gasteiger charge is 2.28. The molecule has 5 aromatic rings. The lowest BCUT2D eigenvalue weighted by Crippen LogP contribution is -2.31. The minimum atomic E-state index is 0.276. The summed E-state index contributed by atoms with van der Waals surface area (Å²) in [6.45, 7) is 3.14. The van der Waals surface area contributed by atoms with E-state index in [0.717, 1.165) is 61.6 Å². The van der Waals surface area contributed by atoms with Gasteiger partial charge < -0.3 is 14.7 Å². The van der Waals surface area contributed by atoms with E-state index in [-0.39, 0.29) is 6.04 Å². The van der Waals surface area contributed by atoms with Crippen LogP contribution in [0.5, 0.6) is 0 Å². The zero-order valence-electron chi connectivity index (χ0n) is 20.4. The minimum absolute atomic E-state index is 0.276. The number of aryl methyl sites for hydroxylation is 1. The van der Waals surface area contributed by atoms with E-state index in [2.05, 4.69) is 63.7 Å². The average molecular weight is 478 g/mol. The second kappa shape index (κ2) is 10.5. The summed E-state index contributed by atoms with van der Waals surface area (Å²) < 4.78 is 5.40. The molecule has 1 atom stereocenters. The predicted molar refractivity (Wildman–Crippen MR) is 141 cm³/mol. The Labute approximate surface area is 211 Å². The molecule has 1 aliphatic rings. The van der Waals surface area contributed by atoms with E-state index in [9.17, 15) is 0 Å². The van der Waals surface area contributed by atoms with Crippen molar-refractivity contribution in [3.63, 3.8) is 0 Å². The Kier molecular flexibility index (Phi) is 6.61. The molecule has 36 heavy (non-hydrogen) atoms. The van der Waals surface area contributed by atoms with Crippen molar-refractivity contribution in [2.24, 2.45) is 0 Å². The molecule has 1 unspecified atom stereocenters. The molecule has 0 bridgehead atoms. The summed E-state index contributed by atoms with van der Waals surface area (Å²) in [5.74, 6) is 1.95. The molecule has 2 N–H and O–H groups in total. The van der Waals surface area contributed by atoms with Crippen LogP contribution in [-0.4, -0.2) is 19.9 Å². The number of rotatable bonds is 9. The number of para-hydroxylation sites is 2. The average Bonchev–Trinajstić information content (AvgIpc) is 3.58. The summed E-state index contributed by atoms with van der Waals surface area (Å²) in [4.78, 5) is 15.8. The zero-order chi connectivity index (χ0) is 24.2. The van der Waals surface area contributed by atoms with Crippen molar-refractivity contribution in [3.05, 3.63) is 119 Å². The molecule has 0 spiro atoms. The van der Waals surface area contributed by atoms with Gasteiger partial charge in [0.15, 0.2) is 0 Å². The van der Waals surface area contributed by atoms with Crippen molar-refractivity contribution in [3.8, 4) is 0 Å². The van der Waals surface area contributed by atoms with Crippen LogP contribution in [0.2, 0.25) is 0 Å². The van der Waals surface area contributed by atoms with Crippen LogP contribution in [0.25, 0.3) is 11.0 Å². The third-order valence-corrected chi connectivity index (χ3v) is 7.01. The lowest BCUT2D eigenvalue weighted by molar-refractivity contribution is 0.153. The van der Waals surface area contributed by atoms with Gasteiger partial charge in [0.1, 0.15) is 11.6 Å². The topological polar surface area (TPSA) is 70.0 Å². The van der Waals surface area contributed by atoms with Gasteiger partial charge in [-0.3, -0.25) is 9.88 Å². The number of aromatic nitrogens is 3. The smallest absolute Gasteiger partial charge is 0.121 e. The van der Waals surface area contributed by atoms with Crippen molar-refractivity contribution in [1.82, 2.24) is 25.2 Å². The van der Waals surface area contributed by atoms with Crippen LogP contribution >= 0.6 is 0 Å². The molecule has 0 aliphatic heterocycles. The van der Waals surface area contributed by atoms with E-state index in [1.165, 1.54) is 28.8 Å². The summed E-state index contributed by atoms with van der Waals surface area (Å²) in [6, 6.07) is 25.7. The molecule has 0 radical (unpaired) electrons. The van der Waals surface area contributed by atoms with Gasteiger partial charge in [-0.1, -0.05) is 42.5 Å². The summed E-state index contributed by atoms with van der Waals surface area (Å²) in [5, 5.41) is 3.45. The fourth-order valence-electron chi connectivity index (χ4n) is 5.23. The quantitative estimate of drug-likeness (QED) is 0.276. The molecule has 6 heteroatoms. The molecule has 6 nitrogen and oxygen atoms in total. The van der Waals surface area contributed by atoms with Gasteiger partial charge in [-0.25, -0.2) is 4.98 Å². The highest BCUT2D eigenvalue weighted by atomic mass is 16.3. The molecule has 3 aromatic heterocycles. The van der Waals surface area contributed by atoms with Crippen molar-refractivity contribution in [2.75, 3.05) is 0 Å². The van der Waals surface area contributed by atoms with E-state index in [1.54, 1.807) is 6.26 Å². The summed E-state index contributed by atoms with van der Waals surface area (Å²) in [5.41, 5.74) is 7.25. The van der Waals surface area contributed by atoms with Gasteiger partial charge in [-0.2, -0.15) is 0 Å². The first kappa shape index (κ1) is 22.7. The molecule has 182 valence electrons. The number of nitrogens with zero attached hydrogens (tertiary/aromatic N) is 3. The maximum absolute atomic E-state index is 5.40. The fourth-order valence-corrected chi connectivity index (χ4v) is 5.23. The number of pyridine rings is 1. The Hall–Kier alpha value is -3.74. The molecule has 3 heterocycles. The highest BCUT2D eigenvalue weighted by molar-refractivity contribution is 5.74. The number of imidazole rings is 1. The zero-order valence-corrected chi connectivity index (χ0v) is 20.4. The Bertz CT molecular complexity index is 1370. The second-order valence-corrected chi connectivity index (χ2v) is 9.56. The number of benzene rings is 2. The lowest BCUT2D eigenvalue weighted by atomic mass is 9.90. The van der Waals surface area contributed by atoms with Gasteiger partial charge in [-0.05, 0) is 66.3 Å². The van der Waals surface area contributed by atoms with E-state index in [0.29, 0.717) is 0 Å². The van der Waals surface area contributed by atoms with Crippen molar-refractivity contribution < 1.29 is 4.42 Å². The van der Waals surface area contributed by atoms with Crippen LogP contribution in [0.4, 0.5) is 0 Å². The molecular weight excluding hydrogens is 446 g/mol. The molecule has 1 aliphatic carbocycles.